The molecule has 1 heterocycles. The molecule has 1 N–H and O–H groups in total. The summed E-state index contributed by atoms with van der Waals surface area (Å²) in [5.74, 6) is 0.807. The van der Waals surface area contributed by atoms with Gasteiger partial charge in [-0.1, -0.05) is 12.1 Å². The third kappa shape index (κ3) is 4.09. The summed E-state index contributed by atoms with van der Waals surface area (Å²) in [4.78, 5) is 4.53. The number of hydrogen-bond acceptors (Lipinski definition) is 4. The number of nitrogens with zero attached hydrogens (tertiary/aromatic N) is 2. The number of hydrogen-bond donors (Lipinski definition) is 1. The molecule has 0 radical (unpaired) electrons. The van der Waals surface area contributed by atoms with Crippen molar-refractivity contribution in [2.75, 3.05) is 41.0 Å². The molecule has 0 saturated carbocycles. The molecule has 1 saturated heterocycles. The second-order valence-electron chi connectivity index (χ2n) is 5.60. The SMILES string of the molecule is COc1cccc(C2(O)CCN(CN(C)C)CC2)c1.Cl. The number of piperidine rings is 1. The number of ether oxygens (including phenoxy) is 1. The molecule has 1 aliphatic heterocycles. The zero-order chi connectivity index (χ0) is 13.9. The van der Waals surface area contributed by atoms with Gasteiger partial charge >= 0.3 is 0 Å². The van der Waals surface area contributed by atoms with Crippen molar-refractivity contribution in [1.29, 1.82) is 0 Å². The summed E-state index contributed by atoms with van der Waals surface area (Å²) in [6, 6.07) is 7.79. The summed E-state index contributed by atoms with van der Waals surface area (Å²) in [7, 11) is 5.80. The minimum Gasteiger partial charge on any atom is -0.497 e. The second kappa shape index (κ2) is 7.27. The molecule has 1 aromatic carbocycles. The monoisotopic (exact) mass is 300 g/mol. The molecule has 0 bridgehead atoms. The van der Waals surface area contributed by atoms with Crippen LogP contribution in [-0.2, 0) is 5.60 Å². The van der Waals surface area contributed by atoms with Crippen molar-refractivity contribution in [1.82, 2.24) is 9.80 Å². The Morgan fingerprint density at radius 2 is 1.95 bits per heavy atom. The van der Waals surface area contributed by atoms with Crippen LogP contribution in [-0.4, -0.2) is 55.9 Å². The molecule has 5 heteroatoms. The number of benzene rings is 1. The summed E-state index contributed by atoms with van der Waals surface area (Å²) in [6.07, 6.45) is 1.54. The van der Waals surface area contributed by atoms with Crippen molar-refractivity contribution < 1.29 is 9.84 Å². The third-order valence-electron chi connectivity index (χ3n) is 3.77. The lowest BCUT2D eigenvalue weighted by atomic mass is 9.84. The van der Waals surface area contributed by atoms with Gasteiger partial charge in [0, 0.05) is 13.1 Å². The molecule has 0 spiro atoms. The first-order valence-electron chi connectivity index (χ1n) is 6.77. The molecule has 2 rings (SSSR count). The van der Waals surface area contributed by atoms with Crippen molar-refractivity contribution in [3.8, 4) is 5.75 Å². The third-order valence-corrected chi connectivity index (χ3v) is 3.77. The van der Waals surface area contributed by atoms with Gasteiger partial charge in [0.05, 0.1) is 19.4 Å². The van der Waals surface area contributed by atoms with Gasteiger partial charge in [-0.2, -0.15) is 0 Å². The Labute approximate surface area is 127 Å². The quantitative estimate of drug-likeness (QED) is 0.921. The standard InChI is InChI=1S/C15H24N2O2.ClH/c1-16(2)12-17-9-7-15(18,8-10-17)13-5-4-6-14(11-13)19-3;/h4-6,11,18H,7-10,12H2,1-3H3;1H. The van der Waals surface area contributed by atoms with Gasteiger partial charge in [0.2, 0.25) is 0 Å². The first-order valence-corrected chi connectivity index (χ1v) is 6.77. The Bertz CT molecular complexity index is 418. The number of likely N-dealkylation sites (tertiary alicyclic amines) is 1. The molecule has 20 heavy (non-hydrogen) atoms. The lowest BCUT2D eigenvalue weighted by Crippen LogP contribution is -2.45. The van der Waals surface area contributed by atoms with Crippen molar-refractivity contribution in [2.45, 2.75) is 18.4 Å². The minimum absolute atomic E-state index is 0. The fourth-order valence-electron chi connectivity index (χ4n) is 2.67. The molecule has 0 atom stereocenters. The summed E-state index contributed by atoms with van der Waals surface area (Å²) in [6.45, 7) is 2.80. The summed E-state index contributed by atoms with van der Waals surface area (Å²) in [5, 5.41) is 10.8. The van der Waals surface area contributed by atoms with Gasteiger partial charge in [-0.25, -0.2) is 0 Å². The van der Waals surface area contributed by atoms with Crippen LogP contribution in [0.4, 0.5) is 0 Å². The van der Waals surface area contributed by atoms with Gasteiger partial charge in [-0.3, -0.25) is 9.80 Å². The average molecular weight is 301 g/mol. The minimum atomic E-state index is -0.711. The number of rotatable bonds is 4. The Morgan fingerprint density at radius 3 is 2.50 bits per heavy atom. The smallest absolute Gasteiger partial charge is 0.119 e. The molecule has 0 unspecified atom stereocenters. The molecule has 114 valence electrons. The zero-order valence-corrected chi connectivity index (χ0v) is 13.3. The van der Waals surface area contributed by atoms with E-state index >= 15 is 0 Å². The lowest BCUT2D eigenvalue weighted by Gasteiger charge is -2.39. The average Bonchev–Trinajstić information content (AvgIpc) is 2.41. The van der Waals surface area contributed by atoms with E-state index < -0.39 is 5.60 Å². The summed E-state index contributed by atoms with van der Waals surface area (Å²) < 4.78 is 5.24. The predicted octanol–water partition coefficient (Wildman–Crippen LogP) is 1.92. The first-order chi connectivity index (χ1) is 9.03. The van der Waals surface area contributed by atoms with Crippen LogP contribution in [0.25, 0.3) is 0 Å². The fourth-order valence-corrected chi connectivity index (χ4v) is 2.67. The van der Waals surface area contributed by atoms with E-state index in [1.165, 1.54) is 0 Å². The van der Waals surface area contributed by atoms with Crippen molar-refractivity contribution in [2.24, 2.45) is 0 Å². The van der Waals surface area contributed by atoms with Gasteiger partial charge in [0.15, 0.2) is 0 Å². The fraction of sp³-hybridized carbons (Fsp3) is 0.600. The zero-order valence-electron chi connectivity index (χ0n) is 12.5. The van der Waals surface area contributed by atoms with E-state index in [9.17, 15) is 5.11 Å². The molecule has 4 nitrogen and oxygen atoms in total. The number of methoxy groups -OCH3 is 1. The van der Waals surface area contributed by atoms with Crippen LogP contribution in [0.5, 0.6) is 5.75 Å². The van der Waals surface area contributed by atoms with Crippen LogP contribution in [0.3, 0.4) is 0 Å². The van der Waals surface area contributed by atoms with Crippen molar-refractivity contribution in [3.05, 3.63) is 29.8 Å². The molecule has 1 fully saturated rings. The van der Waals surface area contributed by atoms with E-state index in [4.69, 9.17) is 4.74 Å². The van der Waals surface area contributed by atoms with E-state index in [0.29, 0.717) is 0 Å². The number of aliphatic hydroxyl groups is 1. The summed E-state index contributed by atoms with van der Waals surface area (Å²) in [5.41, 5.74) is 0.258. The van der Waals surface area contributed by atoms with Crippen LogP contribution in [0.1, 0.15) is 18.4 Å². The Kier molecular flexibility index (Phi) is 6.27. The topological polar surface area (TPSA) is 35.9 Å². The van der Waals surface area contributed by atoms with Crippen molar-refractivity contribution in [3.63, 3.8) is 0 Å². The van der Waals surface area contributed by atoms with Gasteiger partial charge in [-0.05, 0) is 44.6 Å². The number of halogens is 1. The van der Waals surface area contributed by atoms with Gasteiger partial charge in [0.25, 0.3) is 0 Å². The van der Waals surface area contributed by atoms with Gasteiger partial charge in [-0.15, -0.1) is 12.4 Å². The maximum atomic E-state index is 10.8. The first kappa shape index (κ1) is 17.2. The highest BCUT2D eigenvalue weighted by molar-refractivity contribution is 5.85. The molecular weight excluding hydrogens is 276 g/mol. The van der Waals surface area contributed by atoms with Crippen LogP contribution < -0.4 is 4.74 Å². The predicted molar refractivity (Wildman–Crippen MR) is 83.5 cm³/mol. The van der Waals surface area contributed by atoms with Crippen LogP contribution in [0, 0.1) is 0 Å². The van der Waals surface area contributed by atoms with Crippen molar-refractivity contribution >= 4 is 12.4 Å². The van der Waals surface area contributed by atoms with E-state index in [0.717, 1.165) is 43.9 Å². The molecule has 0 aromatic heterocycles. The highest BCUT2D eigenvalue weighted by atomic mass is 35.5. The highest BCUT2D eigenvalue weighted by Crippen LogP contribution is 2.34. The van der Waals surface area contributed by atoms with E-state index in [1.807, 2.05) is 24.3 Å². The lowest BCUT2D eigenvalue weighted by molar-refractivity contribution is -0.0340. The molecule has 0 aliphatic carbocycles. The maximum absolute atomic E-state index is 10.8. The molecular formula is C15H25ClN2O2. The largest absolute Gasteiger partial charge is 0.497 e. The van der Waals surface area contributed by atoms with Crippen LogP contribution in [0.15, 0.2) is 24.3 Å². The Hall–Kier alpha value is -0.810. The van der Waals surface area contributed by atoms with Crippen LogP contribution in [0.2, 0.25) is 0 Å². The Balaban J connectivity index is 0.00000200. The Morgan fingerprint density at radius 1 is 1.30 bits per heavy atom. The second-order valence-corrected chi connectivity index (χ2v) is 5.60. The van der Waals surface area contributed by atoms with E-state index in [-0.39, 0.29) is 12.4 Å². The summed E-state index contributed by atoms with van der Waals surface area (Å²) >= 11 is 0. The van der Waals surface area contributed by atoms with E-state index in [1.54, 1.807) is 7.11 Å². The van der Waals surface area contributed by atoms with Crippen LogP contribution >= 0.6 is 12.4 Å². The normalized spacial score (nSPS) is 18.6. The highest BCUT2D eigenvalue weighted by Gasteiger charge is 2.34. The van der Waals surface area contributed by atoms with E-state index in [2.05, 4.69) is 23.9 Å². The molecule has 1 aromatic rings. The van der Waals surface area contributed by atoms with Gasteiger partial charge in [0.1, 0.15) is 5.75 Å². The molecule has 0 amide bonds. The maximum Gasteiger partial charge on any atom is 0.119 e. The molecule has 1 aliphatic rings. The van der Waals surface area contributed by atoms with Gasteiger partial charge < -0.3 is 9.84 Å².